The second-order valence-electron chi connectivity index (χ2n) is 9.42. The van der Waals surface area contributed by atoms with E-state index in [4.69, 9.17) is 13.1 Å². The number of rotatable bonds is 5. The Kier molecular flexibility index (Phi) is 5.23. The van der Waals surface area contributed by atoms with Crippen LogP contribution in [-0.2, 0) is 5.54 Å². The number of aliphatic hydroxyl groups is 1. The van der Waals surface area contributed by atoms with Gasteiger partial charge in [-0.2, -0.15) is 0 Å². The van der Waals surface area contributed by atoms with Gasteiger partial charge >= 0.3 is 0 Å². The summed E-state index contributed by atoms with van der Waals surface area (Å²) in [4.78, 5) is 35.3. The lowest BCUT2D eigenvalue weighted by atomic mass is 9.96. The standard InChI is InChI=1S/C26H23N7O2/c1-16-20(18-9-21(27-3)23(31-12-18)33-14-25(2,35)15-33)11-19(13-30-16)32-24(34)17-5-8-29-22(10-17)26(28-4)6-7-26/h5,8-13,35H,6-7,14-15H2,1-2H3,(H,32,34). The molecule has 1 aliphatic carbocycles. The molecule has 1 saturated heterocycles. The zero-order valence-electron chi connectivity index (χ0n) is 19.4. The molecule has 2 N–H and O–H groups in total. The number of nitrogens with one attached hydrogen (secondary N) is 1. The highest BCUT2D eigenvalue weighted by Crippen LogP contribution is 2.48. The molecule has 0 radical (unpaired) electrons. The van der Waals surface area contributed by atoms with E-state index in [1.807, 2.05) is 17.9 Å². The third-order valence-corrected chi connectivity index (χ3v) is 6.42. The largest absolute Gasteiger partial charge is 0.386 e. The first-order chi connectivity index (χ1) is 16.7. The Balaban J connectivity index is 1.39. The lowest BCUT2D eigenvalue weighted by Crippen LogP contribution is -2.60. The van der Waals surface area contributed by atoms with E-state index in [1.54, 1.807) is 43.7 Å². The van der Waals surface area contributed by atoms with Crippen LogP contribution in [0.15, 0.2) is 42.9 Å². The van der Waals surface area contributed by atoms with Gasteiger partial charge in [0.1, 0.15) is 11.5 Å². The molecule has 2 aliphatic rings. The summed E-state index contributed by atoms with van der Waals surface area (Å²) in [5, 5.41) is 12.9. The second kappa shape index (κ2) is 8.15. The van der Waals surface area contributed by atoms with Crippen LogP contribution in [0, 0.1) is 20.1 Å². The number of aryl methyl sites for hydroxylation is 1. The molecule has 1 saturated carbocycles. The quantitative estimate of drug-likeness (QED) is 0.550. The fraction of sp³-hybridized carbons (Fsp3) is 0.308. The molecule has 5 rings (SSSR count). The normalized spacial score (nSPS) is 17.0. The summed E-state index contributed by atoms with van der Waals surface area (Å²) < 4.78 is 0. The summed E-state index contributed by atoms with van der Waals surface area (Å²) in [6, 6.07) is 6.87. The molecule has 35 heavy (non-hydrogen) atoms. The molecule has 0 bridgehead atoms. The SMILES string of the molecule is [C-]#[N+]c1cc(-c2cc(NC(=O)c3ccnc(C4([N+]#[C-])CC4)c3)cnc2C)cnc1N1CC(C)(O)C1. The fourth-order valence-electron chi connectivity index (χ4n) is 4.31. The molecule has 0 unspecified atom stereocenters. The molecule has 0 spiro atoms. The lowest BCUT2D eigenvalue weighted by Gasteiger charge is -2.45. The third-order valence-electron chi connectivity index (χ3n) is 6.42. The van der Waals surface area contributed by atoms with E-state index in [1.165, 1.54) is 0 Å². The summed E-state index contributed by atoms with van der Waals surface area (Å²) in [6.07, 6.45) is 6.35. The van der Waals surface area contributed by atoms with E-state index >= 15 is 0 Å². The van der Waals surface area contributed by atoms with E-state index < -0.39 is 11.1 Å². The maximum Gasteiger partial charge on any atom is 0.274 e. The number of β-amino-alcohol motifs (C(OH)–C–C–N with tert-alkyl or cyclic N) is 1. The Morgan fingerprint density at radius 1 is 1.14 bits per heavy atom. The molecule has 9 heteroatoms. The molecule has 3 aromatic rings. The zero-order chi connectivity index (χ0) is 24.8. The van der Waals surface area contributed by atoms with Crippen LogP contribution >= 0.6 is 0 Å². The van der Waals surface area contributed by atoms with Crippen molar-refractivity contribution in [2.24, 2.45) is 0 Å². The van der Waals surface area contributed by atoms with Gasteiger partial charge in [0.15, 0.2) is 0 Å². The number of carbonyl (C=O) groups excluding carboxylic acids is 1. The number of pyridine rings is 3. The Hall–Kier alpha value is -4.34. The highest BCUT2D eigenvalue weighted by Gasteiger charge is 2.54. The van der Waals surface area contributed by atoms with Gasteiger partial charge in [-0.25, -0.2) is 11.4 Å². The van der Waals surface area contributed by atoms with Gasteiger partial charge in [-0.1, -0.05) is 0 Å². The maximum absolute atomic E-state index is 12.9. The first kappa shape index (κ1) is 22.5. The topological polar surface area (TPSA) is 100.0 Å². The minimum absolute atomic E-state index is 0.314. The lowest BCUT2D eigenvalue weighted by molar-refractivity contribution is 0.0306. The minimum Gasteiger partial charge on any atom is -0.386 e. The van der Waals surface area contributed by atoms with Crippen molar-refractivity contribution in [1.82, 2.24) is 15.0 Å². The molecule has 3 aromatic heterocycles. The summed E-state index contributed by atoms with van der Waals surface area (Å²) in [5.41, 5.74) is 2.81. The molecule has 9 nitrogen and oxygen atoms in total. The van der Waals surface area contributed by atoms with Crippen LogP contribution < -0.4 is 10.2 Å². The predicted molar refractivity (Wildman–Crippen MR) is 131 cm³/mol. The first-order valence-corrected chi connectivity index (χ1v) is 11.2. The number of aromatic nitrogens is 3. The Labute approximate surface area is 203 Å². The van der Waals surface area contributed by atoms with Crippen molar-refractivity contribution in [1.29, 1.82) is 0 Å². The minimum atomic E-state index is -0.766. The van der Waals surface area contributed by atoms with Crippen LogP contribution in [0.2, 0.25) is 0 Å². The van der Waals surface area contributed by atoms with Gasteiger partial charge in [-0.3, -0.25) is 19.7 Å². The highest BCUT2D eigenvalue weighted by molar-refractivity contribution is 6.04. The molecular weight excluding hydrogens is 442 g/mol. The van der Waals surface area contributed by atoms with E-state index in [0.29, 0.717) is 47.1 Å². The Morgan fingerprint density at radius 2 is 1.91 bits per heavy atom. The van der Waals surface area contributed by atoms with Crippen molar-refractivity contribution in [3.05, 3.63) is 82.6 Å². The van der Waals surface area contributed by atoms with Crippen molar-refractivity contribution in [2.75, 3.05) is 23.3 Å². The van der Waals surface area contributed by atoms with Crippen LogP contribution in [0.5, 0.6) is 0 Å². The van der Waals surface area contributed by atoms with Gasteiger partial charge in [-0.05, 0) is 43.7 Å². The monoisotopic (exact) mass is 465 g/mol. The van der Waals surface area contributed by atoms with Crippen LogP contribution in [0.1, 0.15) is 41.5 Å². The highest BCUT2D eigenvalue weighted by atomic mass is 16.3. The molecule has 1 aliphatic heterocycles. The summed E-state index contributed by atoms with van der Waals surface area (Å²) in [6.45, 7) is 19.5. The Bertz CT molecular complexity index is 1420. The van der Waals surface area contributed by atoms with E-state index in [9.17, 15) is 9.90 Å². The second-order valence-corrected chi connectivity index (χ2v) is 9.42. The number of carbonyl (C=O) groups is 1. The van der Waals surface area contributed by atoms with Gasteiger partial charge in [0.25, 0.3) is 11.4 Å². The van der Waals surface area contributed by atoms with Crippen molar-refractivity contribution in [3.8, 4) is 11.1 Å². The van der Waals surface area contributed by atoms with Crippen LogP contribution in [0.3, 0.4) is 0 Å². The average molecular weight is 466 g/mol. The molecule has 174 valence electrons. The van der Waals surface area contributed by atoms with Gasteiger partial charge in [-0.15, -0.1) is 0 Å². The third kappa shape index (κ3) is 4.18. The Morgan fingerprint density at radius 3 is 2.57 bits per heavy atom. The predicted octanol–water partition coefficient (Wildman–Crippen LogP) is 4.13. The van der Waals surface area contributed by atoms with Gasteiger partial charge in [0.2, 0.25) is 5.69 Å². The first-order valence-electron chi connectivity index (χ1n) is 11.2. The number of amides is 1. The van der Waals surface area contributed by atoms with Crippen molar-refractivity contribution in [2.45, 2.75) is 37.8 Å². The number of hydrogen-bond acceptors (Lipinski definition) is 6. The molecule has 0 aromatic carbocycles. The summed E-state index contributed by atoms with van der Waals surface area (Å²) in [7, 11) is 0. The van der Waals surface area contributed by atoms with Crippen molar-refractivity contribution in [3.63, 3.8) is 0 Å². The summed E-state index contributed by atoms with van der Waals surface area (Å²) in [5.74, 6) is 0.234. The zero-order valence-corrected chi connectivity index (χ0v) is 19.4. The summed E-state index contributed by atoms with van der Waals surface area (Å²) >= 11 is 0. The fourth-order valence-corrected chi connectivity index (χ4v) is 4.31. The molecule has 0 atom stereocenters. The number of hydrogen-bond donors (Lipinski definition) is 2. The molecule has 1 amide bonds. The van der Waals surface area contributed by atoms with Gasteiger partial charge in [0, 0.05) is 55.1 Å². The average Bonchev–Trinajstić information content (AvgIpc) is 3.65. The molecule has 4 heterocycles. The number of nitrogens with zero attached hydrogens (tertiary/aromatic N) is 6. The van der Waals surface area contributed by atoms with Crippen LogP contribution in [0.4, 0.5) is 17.2 Å². The van der Waals surface area contributed by atoms with Crippen LogP contribution in [0.25, 0.3) is 20.8 Å². The van der Waals surface area contributed by atoms with Gasteiger partial charge in [0.05, 0.1) is 24.1 Å². The van der Waals surface area contributed by atoms with E-state index in [0.717, 1.165) is 24.1 Å². The number of anilines is 2. The smallest absolute Gasteiger partial charge is 0.274 e. The van der Waals surface area contributed by atoms with Crippen LogP contribution in [-0.4, -0.2) is 44.7 Å². The maximum atomic E-state index is 12.9. The van der Waals surface area contributed by atoms with Crippen molar-refractivity contribution < 1.29 is 9.90 Å². The van der Waals surface area contributed by atoms with E-state index in [2.05, 4.69) is 30.0 Å². The van der Waals surface area contributed by atoms with Gasteiger partial charge < -0.3 is 20.2 Å². The van der Waals surface area contributed by atoms with Crippen molar-refractivity contribution >= 4 is 23.1 Å². The van der Waals surface area contributed by atoms with E-state index in [-0.39, 0.29) is 5.91 Å². The molecule has 2 fully saturated rings. The molecular formula is C26H23N7O2.